The fourth-order valence-electron chi connectivity index (χ4n) is 3.25. The fraction of sp³-hybridized carbons (Fsp3) is 0.647. The van der Waals surface area contributed by atoms with Gasteiger partial charge in [0.1, 0.15) is 0 Å². The van der Waals surface area contributed by atoms with Gasteiger partial charge in [-0.25, -0.2) is 0 Å². The molecule has 0 saturated heterocycles. The van der Waals surface area contributed by atoms with E-state index in [4.69, 9.17) is 23.2 Å². The van der Waals surface area contributed by atoms with Crippen LogP contribution in [0.15, 0.2) is 18.2 Å². The highest BCUT2D eigenvalue weighted by Crippen LogP contribution is 2.39. The van der Waals surface area contributed by atoms with Crippen molar-refractivity contribution in [3.63, 3.8) is 0 Å². The van der Waals surface area contributed by atoms with Crippen LogP contribution in [0.25, 0.3) is 0 Å². The molecule has 0 aliphatic heterocycles. The summed E-state index contributed by atoms with van der Waals surface area (Å²) in [5.41, 5.74) is 0.899. The molecule has 0 heterocycles. The maximum Gasteiger partial charge on any atom is 0.0818 e. The van der Waals surface area contributed by atoms with Gasteiger partial charge in [-0.05, 0) is 42.4 Å². The predicted octanol–water partition coefficient (Wildman–Crippen LogP) is 6.02. The maximum absolute atomic E-state index is 10.5. The van der Waals surface area contributed by atoms with Crippen LogP contribution in [0.3, 0.4) is 0 Å². The van der Waals surface area contributed by atoms with Crippen LogP contribution in [0.5, 0.6) is 0 Å². The molecule has 1 aliphatic rings. The highest BCUT2D eigenvalue weighted by Gasteiger charge is 2.27. The van der Waals surface area contributed by atoms with E-state index in [-0.39, 0.29) is 0 Å². The molecule has 20 heavy (non-hydrogen) atoms. The minimum atomic E-state index is -0.406. The molecule has 2 rings (SSSR count). The second kappa shape index (κ2) is 7.68. The highest BCUT2D eigenvalue weighted by atomic mass is 35.5. The van der Waals surface area contributed by atoms with E-state index in [9.17, 15) is 5.11 Å². The fourth-order valence-corrected chi connectivity index (χ4v) is 3.56. The Morgan fingerprint density at radius 2 is 1.85 bits per heavy atom. The van der Waals surface area contributed by atoms with Gasteiger partial charge in [0, 0.05) is 0 Å². The zero-order valence-electron chi connectivity index (χ0n) is 12.1. The van der Waals surface area contributed by atoms with Crippen LogP contribution in [-0.4, -0.2) is 5.11 Å². The zero-order valence-corrected chi connectivity index (χ0v) is 13.6. The first-order valence-electron chi connectivity index (χ1n) is 7.74. The first-order chi connectivity index (χ1) is 9.61. The zero-order chi connectivity index (χ0) is 14.5. The lowest BCUT2D eigenvalue weighted by molar-refractivity contribution is 0.0720. The Labute approximate surface area is 132 Å². The van der Waals surface area contributed by atoms with E-state index in [0.717, 1.165) is 24.3 Å². The van der Waals surface area contributed by atoms with Crippen LogP contribution in [0.1, 0.15) is 63.5 Å². The van der Waals surface area contributed by atoms with Gasteiger partial charge in [0.2, 0.25) is 0 Å². The van der Waals surface area contributed by atoms with Crippen molar-refractivity contribution in [1.82, 2.24) is 0 Å². The smallest absolute Gasteiger partial charge is 0.0818 e. The second-order valence-corrected chi connectivity index (χ2v) is 6.86. The van der Waals surface area contributed by atoms with Gasteiger partial charge < -0.3 is 5.11 Å². The Morgan fingerprint density at radius 1 is 1.15 bits per heavy atom. The normalized spacial score (nSPS) is 24.6. The minimum absolute atomic E-state index is 0.366. The van der Waals surface area contributed by atoms with Crippen LogP contribution in [-0.2, 0) is 0 Å². The standard InChI is InChI=1S/C17H24Cl2O/c1-2-3-4-12-5-7-13(8-6-12)17(20)14-9-10-15(18)16(19)11-14/h9-13,17,20H,2-8H2,1H3. The quantitative estimate of drug-likeness (QED) is 0.704. The van der Waals surface area contributed by atoms with Gasteiger partial charge in [-0.2, -0.15) is 0 Å². The topological polar surface area (TPSA) is 20.2 Å². The van der Waals surface area contributed by atoms with Crippen LogP contribution in [0.2, 0.25) is 10.0 Å². The maximum atomic E-state index is 10.5. The summed E-state index contributed by atoms with van der Waals surface area (Å²) >= 11 is 12.0. The molecular formula is C17H24Cl2O. The highest BCUT2D eigenvalue weighted by molar-refractivity contribution is 6.42. The van der Waals surface area contributed by atoms with Gasteiger partial charge in [0.25, 0.3) is 0 Å². The Bertz CT molecular complexity index is 425. The largest absolute Gasteiger partial charge is 0.388 e. The number of unbranched alkanes of at least 4 members (excludes halogenated alkanes) is 1. The summed E-state index contributed by atoms with van der Waals surface area (Å²) in [4.78, 5) is 0. The van der Waals surface area contributed by atoms with Gasteiger partial charge >= 0.3 is 0 Å². The van der Waals surface area contributed by atoms with Crippen molar-refractivity contribution in [1.29, 1.82) is 0 Å². The van der Waals surface area contributed by atoms with Crippen molar-refractivity contribution in [3.8, 4) is 0 Å². The summed E-state index contributed by atoms with van der Waals surface area (Å²) in [5.74, 6) is 1.23. The number of aliphatic hydroxyl groups is 1. The van der Waals surface area contributed by atoms with Crippen LogP contribution in [0.4, 0.5) is 0 Å². The van der Waals surface area contributed by atoms with Crippen molar-refractivity contribution < 1.29 is 5.11 Å². The molecule has 1 unspecified atom stereocenters. The van der Waals surface area contributed by atoms with Gasteiger partial charge in [-0.1, -0.05) is 68.3 Å². The molecule has 0 spiro atoms. The van der Waals surface area contributed by atoms with Gasteiger partial charge in [0.15, 0.2) is 0 Å². The summed E-state index contributed by atoms with van der Waals surface area (Å²) < 4.78 is 0. The van der Waals surface area contributed by atoms with Gasteiger partial charge in [-0.3, -0.25) is 0 Å². The molecule has 1 fully saturated rings. The van der Waals surface area contributed by atoms with E-state index in [1.165, 1.54) is 32.1 Å². The third kappa shape index (κ3) is 4.13. The molecule has 1 aliphatic carbocycles. The van der Waals surface area contributed by atoms with Crippen molar-refractivity contribution in [3.05, 3.63) is 33.8 Å². The van der Waals surface area contributed by atoms with E-state index >= 15 is 0 Å². The average Bonchev–Trinajstić information content (AvgIpc) is 2.48. The number of rotatable bonds is 5. The number of aliphatic hydroxyl groups excluding tert-OH is 1. The van der Waals surface area contributed by atoms with E-state index in [1.807, 2.05) is 6.07 Å². The SMILES string of the molecule is CCCCC1CCC(C(O)c2ccc(Cl)c(Cl)c2)CC1. The molecule has 1 aromatic carbocycles. The molecular weight excluding hydrogens is 291 g/mol. The van der Waals surface area contributed by atoms with Crippen molar-refractivity contribution in [2.45, 2.75) is 58.0 Å². The van der Waals surface area contributed by atoms with E-state index in [0.29, 0.717) is 16.0 Å². The van der Waals surface area contributed by atoms with Crippen LogP contribution in [0, 0.1) is 11.8 Å². The molecule has 1 saturated carbocycles. The van der Waals surface area contributed by atoms with Crippen LogP contribution >= 0.6 is 23.2 Å². The summed E-state index contributed by atoms with van der Waals surface area (Å²) in [7, 11) is 0. The third-order valence-corrected chi connectivity index (χ3v) is 5.33. The molecule has 1 atom stereocenters. The molecule has 3 heteroatoms. The molecule has 0 amide bonds. The van der Waals surface area contributed by atoms with E-state index < -0.39 is 6.10 Å². The lowest BCUT2D eigenvalue weighted by Gasteiger charge is -2.31. The summed E-state index contributed by atoms with van der Waals surface area (Å²) in [6.07, 6.45) is 8.32. The summed E-state index contributed by atoms with van der Waals surface area (Å²) in [5, 5.41) is 11.6. The third-order valence-electron chi connectivity index (χ3n) is 4.59. The molecule has 112 valence electrons. The molecule has 1 N–H and O–H groups in total. The molecule has 0 bridgehead atoms. The van der Waals surface area contributed by atoms with E-state index in [1.54, 1.807) is 12.1 Å². The molecule has 0 aromatic heterocycles. The second-order valence-electron chi connectivity index (χ2n) is 6.04. The van der Waals surface area contributed by atoms with Gasteiger partial charge in [-0.15, -0.1) is 0 Å². The summed E-state index contributed by atoms with van der Waals surface area (Å²) in [6.45, 7) is 2.25. The van der Waals surface area contributed by atoms with E-state index in [2.05, 4.69) is 6.92 Å². The molecule has 1 aromatic rings. The predicted molar refractivity (Wildman–Crippen MR) is 86.4 cm³/mol. The number of hydrogen-bond acceptors (Lipinski definition) is 1. The number of benzene rings is 1. The lowest BCUT2D eigenvalue weighted by atomic mass is 9.76. The molecule has 0 radical (unpaired) electrons. The van der Waals surface area contributed by atoms with Gasteiger partial charge in [0.05, 0.1) is 16.1 Å². The number of hydrogen-bond donors (Lipinski definition) is 1. The van der Waals surface area contributed by atoms with Crippen molar-refractivity contribution in [2.24, 2.45) is 11.8 Å². The van der Waals surface area contributed by atoms with Crippen molar-refractivity contribution in [2.75, 3.05) is 0 Å². The first kappa shape index (κ1) is 16.1. The lowest BCUT2D eigenvalue weighted by Crippen LogP contribution is -2.20. The molecule has 1 nitrogen and oxygen atoms in total. The Kier molecular flexibility index (Phi) is 6.20. The Morgan fingerprint density at radius 3 is 2.45 bits per heavy atom. The Hall–Kier alpha value is -0.240. The average molecular weight is 315 g/mol. The van der Waals surface area contributed by atoms with Crippen LogP contribution < -0.4 is 0 Å². The summed E-state index contributed by atoms with van der Waals surface area (Å²) in [6, 6.07) is 5.47. The first-order valence-corrected chi connectivity index (χ1v) is 8.50. The number of halogens is 2. The minimum Gasteiger partial charge on any atom is -0.388 e. The van der Waals surface area contributed by atoms with Crippen molar-refractivity contribution >= 4 is 23.2 Å². The Balaban J connectivity index is 1.91. The monoisotopic (exact) mass is 314 g/mol.